The number of anilines is 1. The first kappa shape index (κ1) is 18.1. The lowest BCUT2D eigenvalue weighted by atomic mass is 10.2. The summed E-state index contributed by atoms with van der Waals surface area (Å²) in [4.78, 5) is 16.7. The third kappa shape index (κ3) is 4.18. The Morgan fingerprint density at radius 2 is 1.89 bits per heavy atom. The zero-order chi connectivity index (χ0) is 19.3. The third-order valence-electron chi connectivity index (χ3n) is 4.33. The van der Waals surface area contributed by atoms with Crippen molar-refractivity contribution in [2.45, 2.75) is 13.1 Å². The molecule has 1 aliphatic heterocycles. The average Bonchev–Trinajstić information content (AvgIpc) is 3.19. The minimum absolute atomic E-state index is 0.187. The first-order valence-corrected chi connectivity index (χ1v) is 9.17. The van der Waals surface area contributed by atoms with Crippen LogP contribution in [0.3, 0.4) is 0 Å². The Balaban J connectivity index is 1.37. The fourth-order valence-corrected chi connectivity index (χ4v) is 3.03. The number of carbonyl (C=O) groups is 1. The van der Waals surface area contributed by atoms with Crippen LogP contribution >= 0.6 is 11.6 Å². The predicted octanol–water partition coefficient (Wildman–Crippen LogP) is 4.01. The van der Waals surface area contributed by atoms with Crippen LogP contribution in [0, 0.1) is 0 Å². The molecule has 0 unspecified atom stereocenters. The lowest BCUT2D eigenvalue weighted by Gasteiger charge is -2.09. The van der Waals surface area contributed by atoms with Crippen LogP contribution in [-0.2, 0) is 13.1 Å². The number of nitrogens with zero attached hydrogens (tertiary/aromatic N) is 1. The monoisotopic (exact) mass is 395 g/mol. The molecule has 1 aliphatic rings. The standard InChI is InChI=1S/C21H18ClN3O3/c22-17-4-2-1-3-16(17)12-25-21(26)15-7-8-23-20(10-15)24-11-14-5-6-18-19(9-14)28-13-27-18/h1-10H,11-13H2,(H,23,24)(H,25,26). The van der Waals surface area contributed by atoms with Crippen LogP contribution in [-0.4, -0.2) is 17.7 Å². The minimum atomic E-state index is -0.187. The molecule has 0 fully saturated rings. The second-order valence-corrected chi connectivity index (χ2v) is 6.65. The third-order valence-corrected chi connectivity index (χ3v) is 4.70. The van der Waals surface area contributed by atoms with Crippen molar-refractivity contribution in [3.8, 4) is 11.5 Å². The maximum atomic E-state index is 12.4. The Morgan fingerprint density at radius 3 is 2.79 bits per heavy atom. The van der Waals surface area contributed by atoms with Crippen molar-refractivity contribution in [1.29, 1.82) is 0 Å². The minimum Gasteiger partial charge on any atom is -0.454 e. The van der Waals surface area contributed by atoms with Crippen molar-refractivity contribution >= 4 is 23.3 Å². The second kappa shape index (κ2) is 8.19. The van der Waals surface area contributed by atoms with E-state index in [9.17, 15) is 4.79 Å². The molecule has 1 amide bonds. The van der Waals surface area contributed by atoms with E-state index in [1.165, 1.54) is 0 Å². The summed E-state index contributed by atoms with van der Waals surface area (Å²) in [6.45, 7) is 1.16. The number of pyridine rings is 1. The second-order valence-electron chi connectivity index (χ2n) is 6.25. The van der Waals surface area contributed by atoms with Crippen LogP contribution in [0.2, 0.25) is 5.02 Å². The van der Waals surface area contributed by atoms with E-state index in [0.29, 0.717) is 29.5 Å². The Kier molecular flexibility index (Phi) is 5.30. The Hall–Kier alpha value is -3.25. The zero-order valence-corrected chi connectivity index (χ0v) is 15.7. The number of nitrogens with one attached hydrogen (secondary N) is 2. The van der Waals surface area contributed by atoms with E-state index in [-0.39, 0.29) is 12.7 Å². The van der Waals surface area contributed by atoms with E-state index in [1.807, 2.05) is 36.4 Å². The van der Waals surface area contributed by atoms with Crippen molar-refractivity contribution in [3.63, 3.8) is 0 Å². The van der Waals surface area contributed by atoms with Gasteiger partial charge in [0.05, 0.1) is 0 Å². The molecule has 7 heteroatoms. The van der Waals surface area contributed by atoms with E-state index in [1.54, 1.807) is 24.4 Å². The summed E-state index contributed by atoms with van der Waals surface area (Å²) in [6.07, 6.45) is 1.60. The van der Waals surface area contributed by atoms with Crippen LogP contribution in [0.1, 0.15) is 21.5 Å². The molecule has 1 aromatic heterocycles. The highest BCUT2D eigenvalue weighted by Gasteiger charge is 2.13. The molecule has 142 valence electrons. The first-order chi connectivity index (χ1) is 13.7. The molecule has 0 saturated heterocycles. The summed E-state index contributed by atoms with van der Waals surface area (Å²) in [5.41, 5.74) is 2.42. The molecule has 28 heavy (non-hydrogen) atoms. The summed E-state index contributed by atoms with van der Waals surface area (Å²) in [5, 5.41) is 6.73. The number of rotatable bonds is 6. The van der Waals surface area contributed by atoms with Gasteiger partial charge in [-0.25, -0.2) is 4.98 Å². The van der Waals surface area contributed by atoms with E-state index in [2.05, 4.69) is 15.6 Å². The van der Waals surface area contributed by atoms with Crippen molar-refractivity contribution in [2.24, 2.45) is 0 Å². The van der Waals surface area contributed by atoms with Crippen LogP contribution in [0.15, 0.2) is 60.8 Å². The van der Waals surface area contributed by atoms with Crippen LogP contribution in [0.25, 0.3) is 0 Å². The number of hydrogen-bond acceptors (Lipinski definition) is 5. The molecular weight excluding hydrogens is 378 g/mol. The number of fused-ring (bicyclic) bond motifs is 1. The lowest BCUT2D eigenvalue weighted by Crippen LogP contribution is -2.23. The molecular formula is C21H18ClN3O3. The molecule has 3 aromatic rings. The fourth-order valence-electron chi connectivity index (χ4n) is 2.83. The van der Waals surface area contributed by atoms with Gasteiger partial charge in [0.25, 0.3) is 5.91 Å². The summed E-state index contributed by atoms with van der Waals surface area (Å²) in [5.74, 6) is 1.91. The number of ether oxygens (including phenoxy) is 2. The van der Waals surface area contributed by atoms with Gasteiger partial charge in [0.1, 0.15) is 5.82 Å². The van der Waals surface area contributed by atoms with E-state index < -0.39 is 0 Å². The van der Waals surface area contributed by atoms with E-state index in [4.69, 9.17) is 21.1 Å². The fraction of sp³-hybridized carbons (Fsp3) is 0.143. The smallest absolute Gasteiger partial charge is 0.251 e. The SMILES string of the molecule is O=C(NCc1ccccc1Cl)c1ccnc(NCc2ccc3c(c2)OCO3)c1. The summed E-state index contributed by atoms with van der Waals surface area (Å²) in [7, 11) is 0. The van der Waals surface area contributed by atoms with Gasteiger partial charge in [-0.1, -0.05) is 35.9 Å². The van der Waals surface area contributed by atoms with Gasteiger partial charge in [-0.15, -0.1) is 0 Å². The number of amides is 1. The number of hydrogen-bond donors (Lipinski definition) is 2. The maximum absolute atomic E-state index is 12.4. The molecule has 2 heterocycles. The molecule has 0 radical (unpaired) electrons. The molecule has 0 saturated carbocycles. The zero-order valence-electron chi connectivity index (χ0n) is 14.9. The number of aromatic nitrogens is 1. The Bertz CT molecular complexity index is 1010. The summed E-state index contributed by atoms with van der Waals surface area (Å²) >= 11 is 6.13. The molecule has 0 aliphatic carbocycles. The highest BCUT2D eigenvalue weighted by molar-refractivity contribution is 6.31. The highest BCUT2D eigenvalue weighted by Crippen LogP contribution is 2.32. The normalized spacial score (nSPS) is 11.9. The van der Waals surface area contributed by atoms with Gasteiger partial charge in [-0.2, -0.15) is 0 Å². The molecule has 0 spiro atoms. The van der Waals surface area contributed by atoms with Crippen molar-refractivity contribution in [3.05, 3.63) is 82.5 Å². The topological polar surface area (TPSA) is 72.5 Å². The molecule has 2 N–H and O–H groups in total. The molecule has 4 rings (SSSR count). The van der Waals surface area contributed by atoms with Crippen LogP contribution < -0.4 is 20.1 Å². The highest BCUT2D eigenvalue weighted by atomic mass is 35.5. The molecule has 2 aromatic carbocycles. The van der Waals surface area contributed by atoms with Gasteiger partial charge < -0.3 is 20.1 Å². The van der Waals surface area contributed by atoms with Gasteiger partial charge in [-0.3, -0.25) is 4.79 Å². The van der Waals surface area contributed by atoms with Gasteiger partial charge in [0.2, 0.25) is 6.79 Å². The van der Waals surface area contributed by atoms with Gasteiger partial charge in [0.15, 0.2) is 11.5 Å². The largest absolute Gasteiger partial charge is 0.454 e. The lowest BCUT2D eigenvalue weighted by molar-refractivity contribution is 0.0951. The maximum Gasteiger partial charge on any atom is 0.251 e. The van der Waals surface area contributed by atoms with E-state index in [0.717, 1.165) is 22.6 Å². The number of benzene rings is 2. The van der Waals surface area contributed by atoms with Crippen molar-refractivity contribution < 1.29 is 14.3 Å². The van der Waals surface area contributed by atoms with Crippen molar-refractivity contribution in [2.75, 3.05) is 12.1 Å². The number of carbonyl (C=O) groups excluding carboxylic acids is 1. The molecule has 0 atom stereocenters. The molecule has 0 bridgehead atoms. The van der Waals surface area contributed by atoms with Gasteiger partial charge in [0, 0.05) is 29.9 Å². The first-order valence-electron chi connectivity index (χ1n) is 8.79. The van der Waals surface area contributed by atoms with E-state index >= 15 is 0 Å². The van der Waals surface area contributed by atoms with Crippen molar-refractivity contribution in [1.82, 2.24) is 10.3 Å². The quantitative estimate of drug-likeness (QED) is 0.659. The van der Waals surface area contributed by atoms with Gasteiger partial charge >= 0.3 is 0 Å². The Labute approximate surface area is 167 Å². The Morgan fingerprint density at radius 1 is 1.04 bits per heavy atom. The van der Waals surface area contributed by atoms with Crippen LogP contribution in [0.5, 0.6) is 11.5 Å². The van der Waals surface area contributed by atoms with Gasteiger partial charge in [-0.05, 0) is 41.5 Å². The van der Waals surface area contributed by atoms with Crippen LogP contribution in [0.4, 0.5) is 5.82 Å². The predicted molar refractivity (Wildman–Crippen MR) is 107 cm³/mol. The molecule has 6 nitrogen and oxygen atoms in total. The number of halogens is 1. The summed E-state index contributed by atoms with van der Waals surface area (Å²) < 4.78 is 10.7. The average molecular weight is 396 g/mol. The summed E-state index contributed by atoms with van der Waals surface area (Å²) in [6, 6.07) is 16.6.